The smallest absolute Gasteiger partial charge is 0.242 e. The minimum absolute atomic E-state index is 0.0339. The topological polar surface area (TPSA) is 96.0 Å². The highest BCUT2D eigenvalue weighted by molar-refractivity contribution is 7.89. The Morgan fingerprint density at radius 2 is 2.05 bits per heavy atom. The van der Waals surface area contributed by atoms with Gasteiger partial charge in [0.15, 0.2) is 0 Å². The molecule has 1 aromatic rings. The Morgan fingerprint density at radius 1 is 1.42 bits per heavy atom. The predicted molar refractivity (Wildman–Crippen MR) is 74.9 cm³/mol. The largest absolute Gasteiger partial charge is 0.399 e. The van der Waals surface area contributed by atoms with Gasteiger partial charge in [-0.25, -0.2) is 13.1 Å². The van der Waals surface area contributed by atoms with E-state index in [4.69, 9.17) is 11.0 Å². The first-order valence-electron chi connectivity index (χ1n) is 6.05. The van der Waals surface area contributed by atoms with E-state index < -0.39 is 15.6 Å². The van der Waals surface area contributed by atoms with Crippen molar-refractivity contribution in [2.45, 2.75) is 44.0 Å². The molecule has 0 spiro atoms. The molecule has 3 N–H and O–H groups in total. The summed E-state index contributed by atoms with van der Waals surface area (Å²) in [6, 6.07) is 6.06. The van der Waals surface area contributed by atoms with Crippen molar-refractivity contribution in [3.8, 4) is 6.07 Å². The molecule has 104 valence electrons. The van der Waals surface area contributed by atoms with Crippen LogP contribution < -0.4 is 10.5 Å². The molecule has 6 heteroatoms. The first-order chi connectivity index (χ1) is 8.72. The first kappa shape index (κ1) is 15.5. The number of nitrogens with two attached hydrogens (primary N) is 1. The highest BCUT2D eigenvalue weighted by atomic mass is 32.2. The minimum atomic E-state index is -3.73. The predicted octanol–water partition coefficient (Wildman–Crippen LogP) is 2.00. The van der Waals surface area contributed by atoms with Gasteiger partial charge in [0.05, 0.1) is 10.5 Å². The van der Waals surface area contributed by atoms with Gasteiger partial charge in [-0.05, 0) is 38.5 Å². The fraction of sp³-hybridized carbons (Fsp3) is 0.462. The lowest BCUT2D eigenvalue weighted by Crippen LogP contribution is -2.43. The molecule has 0 aliphatic rings. The van der Waals surface area contributed by atoms with Crippen molar-refractivity contribution in [2.24, 2.45) is 0 Å². The molecule has 0 radical (unpaired) electrons. The van der Waals surface area contributed by atoms with Gasteiger partial charge in [0.25, 0.3) is 0 Å². The molecule has 1 aromatic carbocycles. The summed E-state index contributed by atoms with van der Waals surface area (Å²) in [5.74, 6) is 0. The molecule has 0 unspecified atom stereocenters. The Kier molecular flexibility index (Phi) is 4.56. The summed E-state index contributed by atoms with van der Waals surface area (Å²) in [5, 5.41) is 9.01. The van der Waals surface area contributed by atoms with Crippen molar-refractivity contribution in [3.63, 3.8) is 0 Å². The van der Waals surface area contributed by atoms with E-state index in [-0.39, 0.29) is 10.5 Å². The molecular weight excluding hydrogens is 262 g/mol. The van der Waals surface area contributed by atoms with E-state index >= 15 is 0 Å². The normalized spacial score (nSPS) is 12.1. The van der Waals surface area contributed by atoms with Gasteiger partial charge in [-0.2, -0.15) is 5.26 Å². The summed E-state index contributed by atoms with van der Waals surface area (Å²) < 4.78 is 27.2. The summed E-state index contributed by atoms with van der Waals surface area (Å²) in [6.45, 7) is 5.62. The number of sulfonamides is 1. The van der Waals surface area contributed by atoms with Gasteiger partial charge >= 0.3 is 0 Å². The zero-order valence-corrected chi connectivity index (χ0v) is 12.2. The standard InChI is InChI=1S/C13H19N3O2S/c1-4-7-13(2,3)16-19(17,18)12-6-5-11(15)8-10(12)9-14/h5-6,8,16H,4,7,15H2,1-3H3. The van der Waals surface area contributed by atoms with E-state index in [0.29, 0.717) is 12.1 Å². The highest BCUT2D eigenvalue weighted by Crippen LogP contribution is 2.21. The maximum Gasteiger partial charge on any atom is 0.242 e. The van der Waals surface area contributed by atoms with Crippen LogP contribution in [0.2, 0.25) is 0 Å². The van der Waals surface area contributed by atoms with Gasteiger partial charge in [0.1, 0.15) is 6.07 Å². The molecular formula is C13H19N3O2S. The summed E-state index contributed by atoms with van der Waals surface area (Å²) in [5.41, 5.74) is 5.42. The molecule has 0 fully saturated rings. The van der Waals surface area contributed by atoms with Crippen molar-refractivity contribution >= 4 is 15.7 Å². The number of hydrogen-bond donors (Lipinski definition) is 2. The first-order valence-corrected chi connectivity index (χ1v) is 7.54. The van der Waals surface area contributed by atoms with Crippen LogP contribution in [0.25, 0.3) is 0 Å². The SMILES string of the molecule is CCCC(C)(C)NS(=O)(=O)c1ccc(N)cc1C#N. The highest BCUT2D eigenvalue weighted by Gasteiger charge is 2.27. The van der Waals surface area contributed by atoms with Crippen LogP contribution in [0.1, 0.15) is 39.2 Å². The van der Waals surface area contributed by atoms with E-state index in [0.717, 1.165) is 6.42 Å². The van der Waals surface area contributed by atoms with E-state index in [1.807, 2.05) is 26.8 Å². The van der Waals surface area contributed by atoms with Gasteiger partial charge in [-0.15, -0.1) is 0 Å². The third-order valence-corrected chi connectivity index (χ3v) is 4.46. The molecule has 0 aromatic heterocycles. The number of rotatable bonds is 5. The zero-order valence-electron chi connectivity index (χ0n) is 11.4. The molecule has 0 atom stereocenters. The number of hydrogen-bond acceptors (Lipinski definition) is 4. The monoisotopic (exact) mass is 281 g/mol. The summed E-state index contributed by atoms with van der Waals surface area (Å²) >= 11 is 0. The molecule has 0 amide bonds. The zero-order chi connectivity index (χ0) is 14.7. The van der Waals surface area contributed by atoms with E-state index in [9.17, 15) is 8.42 Å². The number of nitrogens with one attached hydrogen (secondary N) is 1. The molecule has 1 rings (SSSR count). The van der Waals surface area contributed by atoms with Crippen molar-refractivity contribution in [3.05, 3.63) is 23.8 Å². The van der Waals surface area contributed by atoms with Crippen LogP contribution in [0.3, 0.4) is 0 Å². The Labute approximate surface area is 114 Å². The fourth-order valence-electron chi connectivity index (χ4n) is 1.96. The van der Waals surface area contributed by atoms with Gasteiger partial charge in [-0.1, -0.05) is 13.3 Å². The fourth-order valence-corrected chi connectivity index (χ4v) is 3.54. The second-order valence-corrected chi connectivity index (χ2v) is 6.76. The second kappa shape index (κ2) is 5.59. The van der Waals surface area contributed by atoms with E-state index in [1.54, 1.807) is 0 Å². The van der Waals surface area contributed by atoms with Gasteiger partial charge in [-0.3, -0.25) is 0 Å². The molecule has 0 saturated carbocycles. The molecule has 0 aliphatic heterocycles. The van der Waals surface area contributed by atoms with Crippen molar-refractivity contribution in [1.29, 1.82) is 5.26 Å². The number of nitrogen functional groups attached to an aromatic ring is 1. The van der Waals surface area contributed by atoms with E-state index in [2.05, 4.69) is 4.72 Å². The molecule has 0 bridgehead atoms. The third kappa shape index (κ3) is 3.94. The summed E-state index contributed by atoms with van der Waals surface area (Å²) in [4.78, 5) is -0.0339. The van der Waals surface area contributed by atoms with E-state index in [1.165, 1.54) is 18.2 Å². The van der Waals surface area contributed by atoms with Crippen LogP contribution >= 0.6 is 0 Å². The Bertz CT molecular complexity index is 601. The Hall–Kier alpha value is -1.58. The van der Waals surface area contributed by atoms with Crippen LogP contribution in [0.4, 0.5) is 5.69 Å². The Morgan fingerprint density at radius 3 is 2.58 bits per heavy atom. The van der Waals surface area contributed by atoms with Crippen molar-refractivity contribution in [2.75, 3.05) is 5.73 Å². The average molecular weight is 281 g/mol. The lowest BCUT2D eigenvalue weighted by molar-refractivity contribution is 0.417. The minimum Gasteiger partial charge on any atom is -0.399 e. The van der Waals surface area contributed by atoms with Crippen molar-refractivity contribution in [1.82, 2.24) is 4.72 Å². The second-order valence-electron chi connectivity index (χ2n) is 5.11. The van der Waals surface area contributed by atoms with Crippen LogP contribution in [0, 0.1) is 11.3 Å². The summed E-state index contributed by atoms with van der Waals surface area (Å²) in [7, 11) is -3.73. The quantitative estimate of drug-likeness (QED) is 0.807. The van der Waals surface area contributed by atoms with Crippen molar-refractivity contribution < 1.29 is 8.42 Å². The van der Waals surface area contributed by atoms with Crippen LogP contribution in [0.5, 0.6) is 0 Å². The maximum absolute atomic E-state index is 12.3. The van der Waals surface area contributed by atoms with Gasteiger partial charge in [0, 0.05) is 11.2 Å². The summed E-state index contributed by atoms with van der Waals surface area (Å²) in [6.07, 6.45) is 1.57. The molecule has 5 nitrogen and oxygen atoms in total. The van der Waals surface area contributed by atoms with Crippen LogP contribution in [-0.2, 0) is 10.0 Å². The van der Waals surface area contributed by atoms with Crippen LogP contribution in [0.15, 0.2) is 23.1 Å². The molecule has 0 heterocycles. The molecule has 0 aliphatic carbocycles. The van der Waals surface area contributed by atoms with Crippen LogP contribution in [-0.4, -0.2) is 14.0 Å². The number of benzene rings is 1. The molecule has 19 heavy (non-hydrogen) atoms. The average Bonchev–Trinajstić information content (AvgIpc) is 2.26. The lowest BCUT2D eigenvalue weighted by atomic mass is 10.0. The maximum atomic E-state index is 12.3. The molecule has 0 saturated heterocycles. The number of nitrogens with zero attached hydrogens (tertiary/aromatic N) is 1. The number of nitriles is 1. The Balaban J connectivity index is 3.19. The third-order valence-electron chi connectivity index (χ3n) is 2.70. The number of anilines is 1. The van der Waals surface area contributed by atoms with Gasteiger partial charge < -0.3 is 5.73 Å². The van der Waals surface area contributed by atoms with Gasteiger partial charge in [0.2, 0.25) is 10.0 Å². The lowest BCUT2D eigenvalue weighted by Gasteiger charge is -2.25.